The zero-order valence-corrected chi connectivity index (χ0v) is 16.6. The highest BCUT2D eigenvalue weighted by atomic mass is 19.1. The molecule has 0 spiro atoms. The molecule has 0 aliphatic heterocycles. The summed E-state index contributed by atoms with van der Waals surface area (Å²) < 4.78 is 24.4. The second-order valence-corrected chi connectivity index (χ2v) is 7.21. The van der Waals surface area contributed by atoms with Crippen molar-refractivity contribution < 1.29 is 23.1 Å². The topological polar surface area (TPSA) is 83.9 Å². The third kappa shape index (κ3) is 3.48. The fourth-order valence-corrected chi connectivity index (χ4v) is 3.53. The quantitative estimate of drug-likeness (QED) is 0.509. The van der Waals surface area contributed by atoms with Gasteiger partial charge >= 0.3 is 5.63 Å². The number of furan rings is 1. The van der Waals surface area contributed by atoms with Gasteiger partial charge in [-0.05, 0) is 36.2 Å². The van der Waals surface area contributed by atoms with Crippen LogP contribution in [0.4, 0.5) is 4.39 Å². The monoisotopic (exact) mass is 409 g/mol. The first kappa shape index (κ1) is 19.8. The van der Waals surface area contributed by atoms with Crippen molar-refractivity contribution in [2.75, 3.05) is 20.2 Å². The molecule has 4 aromatic rings. The van der Waals surface area contributed by atoms with Crippen LogP contribution in [-0.4, -0.2) is 36.1 Å². The van der Waals surface area contributed by atoms with E-state index in [0.717, 1.165) is 16.5 Å². The minimum Gasteiger partial charge on any atom is -0.464 e. The maximum Gasteiger partial charge on any atom is 0.340 e. The minimum atomic E-state index is -0.574. The first-order chi connectivity index (χ1) is 14.4. The molecule has 0 fully saturated rings. The van der Waals surface area contributed by atoms with Gasteiger partial charge in [-0.2, -0.15) is 0 Å². The molecule has 4 rings (SSSR count). The minimum absolute atomic E-state index is 0.116. The Hall–Kier alpha value is -3.45. The number of rotatable bonds is 5. The summed E-state index contributed by atoms with van der Waals surface area (Å²) in [4.78, 5) is 26.3. The van der Waals surface area contributed by atoms with Crippen molar-refractivity contribution in [1.29, 1.82) is 0 Å². The molecule has 2 aromatic heterocycles. The van der Waals surface area contributed by atoms with Gasteiger partial charge in [-0.1, -0.05) is 12.1 Å². The van der Waals surface area contributed by atoms with Crippen molar-refractivity contribution in [3.8, 4) is 11.1 Å². The summed E-state index contributed by atoms with van der Waals surface area (Å²) in [5, 5.41) is 10.5. The summed E-state index contributed by atoms with van der Waals surface area (Å²) in [6.07, 6.45) is 1.47. The van der Waals surface area contributed by atoms with Crippen LogP contribution in [0.25, 0.3) is 33.1 Å². The Balaban J connectivity index is 1.84. The van der Waals surface area contributed by atoms with Crippen molar-refractivity contribution >= 4 is 27.8 Å². The van der Waals surface area contributed by atoms with E-state index in [1.54, 1.807) is 38.4 Å². The van der Waals surface area contributed by atoms with Gasteiger partial charge in [-0.3, -0.25) is 4.79 Å². The van der Waals surface area contributed by atoms with E-state index in [9.17, 15) is 14.0 Å². The molecule has 1 amide bonds. The highest BCUT2D eigenvalue weighted by Gasteiger charge is 2.19. The number of carbonyl (C=O) groups excluding carboxylic acids is 1. The summed E-state index contributed by atoms with van der Waals surface area (Å²) in [7, 11) is 1.57. The van der Waals surface area contributed by atoms with E-state index in [1.165, 1.54) is 17.0 Å². The fraction of sp³-hybridized carbons (Fsp3) is 0.217. The second-order valence-electron chi connectivity index (χ2n) is 7.21. The van der Waals surface area contributed by atoms with Crippen molar-refractivity contribution in [2.45, 2.75) is 13.3 Å². The summed E-state index contributed by atoms with van der Waals surface area (Å²) in [5.41, 5.74) is 2.85. The number of halogens is 1. The van der Waals surface area contributed by atoms with E-state index in [4.69, 9.17) is 13.9 Å². The molecule has 30 heavy (non-hydrogen) atoms. The zero-order valence-electron chi connectivity index (χ0n) is 16.6. The molecule has 2 aromatic carbocycles. The van der Waals surface area contributed by atoms with Crippen LogP contribution in [0.15, 0.2) is 56.3 Å². The SMILES string of the molecule is Cc1c(CC(=O)N(C)CCO)c(=O)oc2cc3occ(-c4ccc(F)cc4)c3cc12. The van der Waals surface area contributed by atoms with E-state index >= 15 is 0 Å². The molecular formula is C23H20FNO5. The van der Waals surface area contributed by atoms with Gasteiger partial charge in [-0.15, -0.1) is 0 Å². The summed E-state index contributed by atoms with van der Waals surface area (Å²) >= 11 is 0. The Labute approximate surface area is 171 Å². The molecule has 0 aliphatic rings. The van der Waals surface area contributed by atoms with Gasteiger partial charge in [0.2, 0.25) is 5.91 Å². The molecule has 0 radical (unpaired) electrons. The number of nitrogens with zero attached hydrogens (tertiary/aromatic N) is 1. The number of aryl methyl sites for hydroxylation is 1. The molecule has 0 unspecified atom stereocenters. The van der Waals surface area contributed by atoms with E-state index in [0.29, 0.717) is 22.1 Å². The summed E-state index contributed by atoms with van der Waals surface area (Å²) in [5.74, 6) is -0.606. The number of amides is 1. The Kier molecular flexibility index (Phi) is 5.13. The Bertz CT molecular complexity index is 1300. The van der Waals surface area contributed by atoms with Crippen molar-refractivity contribution in [1.82, 2.24) is 4.90 Å². The lowest BCUT2D eigenvalue weighted by Gasteiger charge is -2.16. The van der Waals surface area contributed by atoms with Crippen LogP contribution < -0.4 is 5.63 Å². The van der Waals surface area contributed by atoms with Gasteiger partial charge in [0, 0.05) is 36.0 Å². The third-order valence-electron chi connectivity index (χ3n) is 5.33. The van der Waals surface area contributed by atoms with Gasteiger partial charge in [0.1, 0.15) is 17.0 Å². The Morgan fingerprint density at radius 1 is 1.13 bits per heavy atom. The molecule has 0 bridgehead atoms. The van der Waals surface area contributed by atoms with Crippen LogP contribution in [0.5, 0.6) is 0 Å². The zero-order chi connectivity index (χ0) is 21.4. The molecule has 154 valence electrons. The molecule has 0 aliphatic carbocycles. The van der Waals surface area contributed by atoms with Crippen LogP contribution >= 0.6 is 0 Å². The van der Waals surface area contributed by atoms with Crippen molar-refractivity contribution in [2.24, 2.45) is 0 Å². The van der Waals surface area contributed by atoms with Gasteiger partial charge in [0.15, 0.2) is 0 Å². The van der Waals surface area contributed by atoms with E-state index < -0.39 is 5.63 Å². The Morgan fingerprint density at radius 2 is 1.87 bits per heavy atom. The predicted molar refractivity (Wildman–Crippen MR) is 111 cm³/mol. The van der Waals surface area contributed by atoms with Gasteiger partial charge in [0.25, 0.3) is 0 Å². The predicted octanol–water partition coefficient (Wildman–Crippen LogP) is 3.65. The molecule has 1 N–H and O–H groups in total. The number of likely N-dealkylation sites (N-methyl/N-ethyl adjacent to an activating group) is 1. The van der Waals surface area contributed by atoms with Gasteiger partial charge in [-0.25, -0.2) is 9.18 Å². The molecule has 6 nitrogen and oxygen atoms in total. The summed E-state index contributed by atoms with van der Waals surface area (Å²) in [6.45, 7) is 1.81. The van der Waals surface area contributed by atoms with E-state index in [2.05, 4.69) is 0 Å². The molecule has 0 saturated heterocycles. The van der Waals surface area contributed by atoms with Gasteiger partial charge < -0.3 is 18.8 Å². The first-order valence-corrected chi connectivity index (χ1v) is 9.47. The van der Waals surface area contributed by atoms with Crippen LogP contribution in [0, 0.1) is 12.7 Å². The van der Waals surface area contributed by atoms with Gasteiger partial charge in [0.05, 0.1) is 24.9 Å². The maximum absolute atomic E-state index is 13.3. The van der Waals surface area contributed by atoms with E-state index in [-0.39, 0.29) is 36.9 Å². The first-order valence-electron chi connectivity index (χ1n) is 9.47. The number of aliphatic hydroxyl groups is 1. The molecule has 7 heteroatoms. The van der Waals surface area contributed by atoms with Crippen molar-refractivity contribution in [3.05, 3.63) is 70.0 Å². The van der Waals surface area contributed by atoms with Crippen LogP contribution in [-0.2, 0) is 11.2 Å². The third-order valence-corrected chi connectivity index (χ3v) is 5.33. The molecule has 0 atom stereocenters. The van der Waals surface area contributed by atoms with Crippen LogP contribution in [0.2, 0.25) is 0 Å². The van der Waals surface area contributed by atoms with E-state index in [1.807, 2.05) is 6.07 Å². The average molecular weight is 409 g/mol. The lowest BCUT2D eigenvalue weighted by Crippen LogP contribution is -2.32. The number of aliphatic hydroxyl groups excluding tert-OH is 1. The number of hydrogen-bond acceptors (Lipinski definition) is 5. The van der Waals surface area contributed by atoms with Crippen molar-refractivity contribution in [3.63, 3.8) is 0 Å². The van der Waals surface area contributed by atoms with Crippen LogP contribution in [0.3, 0.4) is 0 Å². The number of carbonyl (C=O) groups is 1. The second kappa shape index (κ2) is 7.76. The highest BCUT2D eigenvalue weighted by Crippen LogP contribution is 2.34. The average Bonchev–Trinajstić information content (AvgIpc) is 3.13. The lowest BCUT2D eigenvalue weighted by atomic mass is 9.99. The molecule has 0 saturated carbocycles. The normalized spacial score (nSPS) is 11.3. The maximum atomic E-state index is 13.3. The standard InChI is InChI=1S/C23H20FNO5/c1-13-16-9-18-19(14-3-5-15(24)6-4-14)12-29-20(18)11-21(16)30-23(28)17(13)10-22(27)25(2)7-8-26/h3-6,9,11-12,26H,7-8,10H2,1-2H3. The smallest absolute Gasteiger partial charge is 0.340 e. The number of benzene rings is 2. The number of fused-ring (bicyclic) bond motifs is 2. The highest BCUT2D eigenvalue weighted by molar-refractivity contribution is 6.02. The molecular weight excluding hydrogens is 389 g/mol. The fourth-order valence-electron chi connectivity index (χ4n) is 3.53. The Morgan fingerprint density at radius 3 is 2.57 bits per heavy atom. The molecule has 2 heterocycles. The lowest BCUT2D eigenvalue weighted by molar-refractivity contribution is -0.129. The van der Waals surface area contributed by atoms with Crippen LogP contribution in [0.1, 0.15) is 11.1 Å². The summed E-state index contributed by atoms with van der Waals surface area (Å²) in [6, 6.07) is 9.61. The largest absolute Gasteiger partial charge is 0.464 e. The number of hydrogen-bond donors (Lipinski definition) is 1.